The van der Waals surface area contributed by atoms with Crippen LogP contribution in [0.5, 0.6) is 5.75 Å². The molecule has 0 aliphatic carbocycles. The maximum absolute atomic E-state index is 12.7. The van der Waals surface area contributed by atoms with Crippen molar-refractivity contribution in [2.24, 2.45) is 5.10 Å². The van der Waals surface area contributed by atoms with Gasteiger partial charge in [-0.25, -0.2) is 4.98 Å². The lowest BCUT2D eigenvalue weighted by atomic mass is 10.1. The van der Waals surface area contributed by atoms with Crippen molar-refractivity contribution in [2.45, 2.75) is 6.18 Å². The number of hydrogen-bond acceptors (Lipinski definition) is 5. The molecule has 0 amide bonds. The van der Waals surface area contributed by atoms with Crippen molar-refractivity contribution < 1.29 is 17.9 Å². The summed E-state index contributed by atoms with van der Waals surface area (Å²) in [7, 11) is 0. The third kappa shape index (κ3) is 3.88. The number of anilines is 1. The highest BCUT2D eigenvalue weighted by Crippen LogP contribution is 2.29. The molecule has 1 heterocycles. The van der Waals surface area contributed by atoms with Crippen LogP contribution in [0.15, 0.2) is 65.0 Å². The maximum Gasteiger partial charge on any atom is 0.433 e. The monoisotopic (exact) mass is 388 g/mol. The smallest absolute Gasteiger partial charge is 0.433 e. The molecule has 9 heteroatoms. The summed E-state index contributed by atoms with van der Waals surface area (Å²) in [5.41, 5.74) is 3.57. The Balaban J connectivity index is 2.06. The minimum atomic E-state index is -4.78. The summed E-state index contributed by atoms with van der Waals surface area (Å²) in [6.45, 7) is 3.84. The lowest BCUT2D eigenvalue weighted by Gasteiger charge is -2.11. The number of nitrogens with two attached hydrogens (primary N) is 1. The van der Waals surface area contributed by atoms with Gasteiger partial charge in [0.1, 0.15) is 12.4 Å². The molecule has 1 aromatic heterocycles. The predicted octanol–water partition coefficient (Wildman–Crippen LogP) is 3.44. The Hall–Kier alpha value is -3.62. The molecule has 0 spiro atoms. The van der Waals surface area contributed by atoms with E-state index in [4.69, 9.17) is 10.5 Å². The maximum atomic E-state index is 12.7. The van der Waals surface area contributed by atoms with Crippen LogP contribution in [-0.2, 0) is 6.18 Å². The van der Waals surface area contributed by atoms with E-state index in [9.17, 15) is 18.0 Å². The van der Waals surface area contributed by atoms with Crippen LogP contribution in [0.1, 0.15) is 11.3 Å². The first kappa shape index (κ1) is 19.2. The lowest BCUT2D eigenvalue weighted by molar-refractivity contribution is -0.141. The van der Waals surface area contributed by atoms with Crippen molar-refractivity contribution in [2.75, 3.05) is 12.3 Å². The van der Waals surface area contributed by atoms with Gasteiger partial charge >= 0.3 is 6.18 Å². The fraction of sp³-hybridized carbons (Fsp3) is 0.105. The van der Waals surface area contributed by atoms with Gasteiger partial charge in [0, 0.05) is 17.0 Å². The van der Waals surface area contributed by atoms with Gasteiger partial charge in [-0.3, -0.25) is 4.79 Å². The zero-order valence-electron chi connectivity index (χ0n) is 14.5. The van der Waals surface area contributed by atoms with Crippen molar-refractivity contribution in [3.63, 3.8) is 0 Å². The van der Waals surface area contributed by atoms with E-state index in [2.05, 4.69) is 16.7 Å². The molecule has 0 aliphatic heterocycles. The van der Waals surface area contributed by atoms with Crippen LogP contribution in [0.25, 0.3) is 10.8 Å². The summed E-state index contributed by atoms with van der Waals surface area (Å²) in [5, 5.41) is 5.62. The number of nitrogens with zero attached hydrogens (tertiary/aromatic N) is 3. The highest BCUT2D eigenvalue weighted by Gasteiger charge is 2.33. The molecule has 0 aliphatic rings. The van der Waals surface area contributed by atoms with Crippen molar-refractivity contribution >= 4 is 22.9 Å². The Morgan fingerprint density at radius 1 is 1.25 bits per heavy atom. The Morgan fingerprint density at radius 3 is 2.68 bits per heavy atom. The number of rotatable bonds is 5. The molecule has 0 bridgehead atoms. The van der Waals surface area contributed by atoms with Crippen LogP contribution in [0, 0.1) is 0 Å². The third-order valence-electron chi connectivity index (χ3n) is 3.78. The molecule has 6 nitrogen and oxygen atoms in total. The molecule has 144 valence electrons. The van der Waals surface area contributed by atoms with Gasteiger partial charge in [-0.05, 0) is 11.5 Å². The summed E-state index contributed by atoms with van der Waals surface area (Å²) in [6.07, 6.45) is -1.93. The van der Waals surface area contributed by atoms with E-state index in [1.54, 1.807) is 12.1 Å². The summed E-state index contributed by atoms with van der Waals surface area (Å²) in [6, 6.07) is 11.3. The summed E-state index contributed by atoms with van der Waals surface area (Å²) in [5.74, 6) is -0.182. The van der Waals surface area contributed by atoms with Crippen LogP contribution >= 0.6 is 0 Å². The zero-order chi connectivity index (χ0) is 20.3. The second kappa shape index (κ2) is 7.55. The molecule has 0 radical (unpaired) electrons. The fourth-order valence-electron chi connectivity index (χ4n) is 2.54. The number of nitrogen functional groups attached to an aromatic ring is 1. The normalized spacial score (nSPS) is 11.8. The number of aromatic nitrogens is 2. The van der Waals surface area contributed by atoms with Gasteiger partial charge in [0.25, 0.3) is 5.56 Å². The molecule has 28 heavy (non-hydrogen) atoms. The minimum absolute atomic E-state index is 0.235. The quantitative estimate of drug-likeness (QED) is 0.536. The first-order valence-electron chi connectivity index (χ1n) is 8.08. The van der Waals surface area contributed by atoms with Gasteiger partial charge < -0.3 is 10.5 Å². The highest BCUT2D eigenvalue weighted by atomic mass is 19.4. The topological polar surface area (TPSA) is 82.5 Å². The van der Waals surface area contributed by atoms with Gasteiger partial charge in [-0.2, -0.15) is 22.9 Å². The predicted molar refractivity (Wildman–Crippen MR) is 101 cm³/mol. The molecule has 0 fully saturated rings. The molecule has 0 saturated heterocycles. The minimum Gasteiger partial charge on any atom is -0.488 e. The molecule has 2 aromatic carbocycles. The van der Waals surface area contributed by atoms with E-state index < -0.39 is 23.4 Å². The SMILES string of the molecule is C=CCOc1c(C=Nn2c(N)nc(C(F)(F)F)cc2=O)ccc2ccccc12. The van der Waals surface area contributed by atoms with Crippen LogP contribution in [0.4, 0.5) is 19.1 Å². The first-order chi connectivity index (χ1) is 13.3. The van der Waals surface area contributed by atoms with Gasteiger partial charge in [0.2, 0.25) is 5.95 Å². The summed E-state index contributed by atoms with van der Waals surface area (Å²) >= 11 is 0. The molecular weight excluding hydrogens is 373 g/mol. The summed E-state index contributed by atoms with van der Waals surface area (Å²) in [4.78, 5) is 15.2. The second-order valence-corrected chi connectivity index (χ2v) is 5.70. The number of benzene rings is 2. The van der Waals surface area contributed by atoms with E-state index in [1.807, 2.05) is 30.3 Å². The van der Waals surface area contributed by atoms with Crippen LogP contribution in [0.2, 0.25) is 0 Å². The van der Waals surface area contributed by atoms with E-state index in [0.29, 0.717) is 22.1 Å². The zero-order valence-corrected chi connectivity index (χ0v) is 14.5. The van der Waals surface area contributed by atoms with E-state index in [0.717, 1.165) is 10.8 Å². The van der Waals surface area contributed by atoms with E-state index in [-0.39, 0.29) is 6.61 Å². The third-order valence-corrected chi connectivity index (χ3v) is 3.78. The van der Waals surface area contributed by atoms with Crippen LogP contribution < -0.4 is 16.0 Å². The lowest BCUT2D eigenvalue weighted by Crippen LogP contribution is -2.24. The average molecular weight is 388 g/mol. The largest absolute Gasteiger partial charge is 0.488 e. The number of hydrogen-bond donors (Lipinski definition) is 1. The Kier molecular flexibility index (Phi) is 5.16. The van der Waals surface area contributed by atoms with Gasteiger partial charge in [0.05, 0.1) is 6.21 Å². The number of ether oxygens (including phenoxy) is 1. The first-order valence-corrected chi connectivity index (χ1v) is 8.08. The van der Waals surface area contributed by atoms with Crippen molar-refractivity contribution in [3.8, 4) is 5.75 Å². The molecule has 3 rings (SSSR count). The number of halogens is 3. The van der Waals surface area contributed by atoms with Gasteiger partial charge in [-0.1, -0.05) is 43.0 Å². The van der Waals surface area contributed by atoms with Crippen molar-refractivity contribution in [1.82, 2.24) is 9.66 Å². The summed E-state index contributed by atoms with van der Waals surface area (Å²) < 4.78 is 44.5. The fourth-order valence-corrected chi connectivity index (χ4v) is 2.54. The number of fused-ring (bicyclic) bond motifs is 1. The molecule has 3 aromatic rings. The molecule has 2 N–H and O–H groups in total. The van der Waals surface area contributed by atoms with Gasteiger partial charge in [-0.15, -0.1) is 0 Å². The Morgan fingerprint density at radius 2 is 2.00 bits per heavy atom. The van der Waals surface area contributed by atoms with Crippen molar-refractivity contribution in [3.05, 3.63) is 76.7 Å². The van der Waals surface area contributed by atoms with Gasteiger partial charge in [0.15, 0.2) is 5.69 Å². The molecule has 0 saturated carbocycles. The highest BCUT2D eigenvalue weighted by molar-refractivity contribution is 5.97. The van der Waals surface area contributed by atoms with E-state index >= 15 is 0 Å². The second-order valence-electron chi connectivity index (χ2n) is 5.70. The average Bonchev–Trinajstić information content (AvgIpc) is 2.65. The van der Waals surface area contributed by atoms with Crippen molar-refractivity contribution in [1.29, 1.82) is 0 Å². The molecular formula is C19H15F3N4O2. The molecule has 0 atom stereocenters. The van der Waals surface area contributed by atoms with Crippen LogP contribution in [0.3, 0.4) is 0 Å². The Labute approximate surface area is 157 Å². The number of alkyl halides is 3. The van der Waals surface area contributed by atoms with E-state index in [1.165, 1.54) is 6.21 Å². The van der Waals surface area contributed by atoms with Crippen LogP contribution in [-0.4, -0.2) is 22.5 Å². The standard InChI is InChI=1S/C19H15F3N4O2/c1-2-9-28-17-13(8-7-12-5-3-4-6-14(12)17)11-24-26-16(27)10-15(19(20,21)22)25-18(26)23/h2-8,10-11H,1,9H2,(H2,23,25). The Bertz CT molecular complexity index is 1120. The molecule has 0 unspecified atom stereocenters.